The van der Waals surface area contributed by atoms with Crippen LogP contribution in [0.15, 0.2) is 42.6 Å². The van der Waals surface area contributed by atoms with Crippen LogP contribution in [-0.4, -0.2) is 4.98 Å². The number of rotatable bonds is 12. The molecule has 2 unspecified atom stereocenters. The first-order valence-corrected chi connectivity index (χ1v) is 12.8. The molecular formula is C29H43N. The zero-order valence-electron chi connectivity index (χ0n) is 19.5. The average Bonchev–Trinajstić information content (AvgIpc) is 2.81. The van der Waals surface area contributed by atoms with Crippen molar-refractivity contribution in [1.82, 2.24) is 4.98 Å². The zero-order valence-corrected chi connectivity index (χ0v) is 19.5. The van der Waals surface area contributed by atoms with Crippen LogP contribution < -0.4 is 0 Å². The summed E-state index contributed by atoms with van der Waals surface area (Å²) in [6.45, 7) is 4.64. The third-order valence-electron chi connectivity index (χ3n) is 7.20. The molecule has 3 rings (SSSR count). The predicted octanol–water partition coefficient (Wildman–Crippen LogP) is 8.80. The van der Waals surface area contributed by atoms with Crippen molar-refractivity contribution in [1.29, 1.82) is 0 Å². The summed E-state index contributed by atoms with van der Waals surface area (Å²) in [5.74, 6) is 1.94. The van der Waals surface area contributed by atoms with Gasteiger partial charge in [-0.25, -0.2) is 0 Å². The van der Waals surface area contributed by atoms with Gasteiger partial charge in [0.15, 0.2) is 0 Å². The van der Waals surface area contributed by atoms with Gasteiger partial charge in [-0.3, -0.25) is 4.98 Å². The molecule has 0 bridgehead atoms. The van der Waals surface area contributed by atoms with Crippen molar-refractivity contribution >= 4 is 0 Å². The van der Waals surface area contributed by atoms with Crippen molar-refractivity contribution in [3.05, 3.63) is 53.7 Å². The van der Waals surface area contributed by atoms with E-state index in [0.717, 1.165) is 17.5 Å². The molecule has 164 valence electrons. The summed E-state index contributed by atoms with van der Waals surface area (Å²) in [6.07, 6.45) is 21.2. The Balaban J connectivity index is 1.43. The molecule has 0 spiro atoms. The topological polar surface area (TPSA) is 12.9 Å². The van der Waals surface area contributed by atoms with E-state index >= 15 is 0 Å². The van der Waals surface area contributed by atoms with Gasteiger partial charge in [-0.05, 0) is 61.1 Å². The standard InChI is InChI=1S/C29H43N/c1-3-5-6-7-8-9-11-27-18-21-29(30-23-27)28-19-16-25(17-20-28)14-15-26-13-10-12-24(4-2)22-26/h16-21,23-24,26H,3-15,22H2,1-2H3. The molecule has 2 atom stereocenters. The summed E-state index contributed by atoms with van der Waals surface area (Å²) < 4.78 is 0. The Bertz CT molecular complexity index is 700. The molecule has 0 radical (unpaired) electrons. The second-order valence-corrected chi connectivity index (χ2v) is 9.61. The molecule has 1 aliphatic carbocycles. The Morgan fingerprint density at radius 1 is 0.767 bits per heavy atom. The highest BCUT2D eigenvalue weighted by Gasteiger charge is 2.20. The summed E-state index contributed by atoms with van der Waals surface area (Å²) >= 11 is 0. The van der Waals surface area contributed by atoms with Gasteiger partial charge in [0.2, 0.25) is 0 Å². The zero-order chi connectivity index (χ0) is 21.0. The molecule has 1 heteroatoms. The van der Waals surface area contributed by atoms with E-state index in [1.54, 1.807) is 0 Å². The van der Waals surface area contributed by atoms with Gasteiger partial charge >= 0.3 is 0 Å². The van der Waals surface area contributed by atoms with Gasteiger partial charge in [-0.2, -0.15) is 0 Å². The molecule has 1 aromatic carbocycles. The van der Waals surface area contributed by atoms with Crippen LogP contribution in [0.1, 0.15) is 102 Å². The average molecular weight is 406 g/mol. The van der Waals surface area contributed by atoms with Crippen LogP contribution in [0, 0.1) is 11.8 Å². The molecule has 0 aliphatic heterocycles. The van der Waals surface area contributed by atoms with Crippen molar-refractivity contribution in [3.63, 3.8) is 0 Å². The highest BCUT2D eigenvalue weighted by Crippen LogP contribution is 2.33. The van der Waals surface area contributed by atoms with E-state index in [9.17, 15) is 0 Å². The monoisotopic (exact) mass is 405 g/mol. The van der Waals surface area contributed by atoms with Crippen LogP contribution in [0.2, 0.25) is 0 Å². The second kappa shape index (κ2) is 12.9. The number of pyridine rings is 1. The van der Waals surface area contributed by atoms with Crippen LogP contribution in [-0.2, 0) is 12.8 Å². The van der Waals surface area contributed by atoms with Gasteiger partial charge in [0, 0.05) is 11.8 Å². The van der Waals surface area contributed by atoms with Gasteiger partial charge in [-0.15, -0.1) is 0 Å². The lowest BCUT2D eigenvalue weighted by Crippen LogP contribution is -2.15. The molecule has 1 saturated carbocycles. The molecule has 1 fully saturated rings. The Morgan fingerprint density at radius 3 is 2.23 bits per heavy atom. The molecule has 1 aromatic heterocycles. The van der Waals surface area contributed by atoms with Crippen molar-refractivity contribution in [3.8, 4) is 11.3 Å². The molecule has 1 aliphatic rings. The van der Waals surface area contributed by atoms with Crippen LogP contribution in [0.5, 0.6) is 0 Å². The van der Waals surface area contributed by atoms with E-state index in [1.165, 1.54) is 107 Å². The minimum absolute atomic E-state index is 0.948. The maximum Gasteiger partial charge on any atom is 0.0702 e. The van der Waals surface area contributed by atoms with E-state index in [1.807, 2.05) is 0 Å². The first-order valence-electron chi connectivity index (χ1n) is 12.8. The fourth-order valence-electron chi connectivity index (χ4n) is 5.10. The van der Waals surface area contributed by atoms with Gasteiger partial charge in [0.25, 0.3) is 0 Å². The van der Waals surface area contributed by atoms with Gasteiger partial charge in [-0.1, -0.05) is 102 Å². The van der Waals surface area contributed by atoms with Crippen molar-refractivity contribution in [2.75, 3.05) is 0 Å². The number of nitrogens with zero attached hydrogens (tertiary/aromatic N) is 1. The highest BCUT2D eigenvalue weighted by atomic mass is 14.7. The SMILES string of the molecule is CCCCCCCCc1ccc(-c2ccc(CCC3CCCC(CC)C3)cc2)nc1. The number of unbranched alkanes of at least 4 members (excludes halogenated alkanes) is 5. The normalized spacial score (nSPS) is 19.1. The number of aromatic nitrogens is 1. The van der Waals surface area contributed by atoms with E-state index in [0.29, 0.717) is 0 Å². The third-order valence-corrected chi connectivity index (χ3v) is 7.20. The Hall–Kier alpha value is -1.63. The highest BCUT2D eigenvalue weighted by molar-refractivity contribution is 5.59. The fraction of sp³-hybridized carbons (Fsp3) is 0.621. The third kappa shape index (κ3) is 7.56. The van der Waals surface area contributed by atoms with E-state index in [4.69, 9.17) is 4.98 Å². The fourth-order valence-corrected chi connectivity index (χ4v) is 5.10. The van der Waals surface area contributed by atoms with E-state index < -0.39 is 0 Å². The maximum absolute atomic E-state index is 4.74. The molecule has 1 nitrogen and oxygen atoms in total. The van der Waals surface area contributed by atoms with Crippen molar-refractivity contribution < 1.29 is 0 Å². The Morgan fingerprint density at radius 2 is 1.50 bits per heavy atom. The smallest absolute Gasteiger partial charge is 0.0702 e. The first-order chi connectivity index (χ1) is 14.8. The molecular weight excluding hydrogens is 362 g/mol. The number of hydrogen-bond donors (Lipinski definition) is 0. The number of benzene rings is 1. The molecule has 2 aromatic rings. The van der Waals surface area contributed by atoms with Crippen LogP contribution >= 0.6 is 0 Å². The quantitative estimate of drug-likeness (QED) is 0.321. The van der Waals surface area contributed by atoms with Crippen LogP contribution in [0.3, 0.4) is 0 Å². The second-order valence-electron chi connectivity index (χ2n) is 9.61. The minimum Gasteiger partial charge on any atom is -0.256 e. The lowest BCUT2D eigenvalue weighted by atomic mass is 9.78. The summed E-state index contributed by atoms with van der Waals surface area (Å²) in [4.78, 5) is 4.74. The summed E-state index contributed by atoms with van der Waals surface area (Å²) in [7, 11) is 0. The van der Waals surface area contributed by atoms with Crippen molar-refractivity contribution in [2.45, 2.75) is 104 Å². The van der Waals surface area contributed by atoms with Gasteiger partial charge in [0.1, 0.15) is 0 Å². The lowest BCUT2D eigenvalue weighted by molar-refractivity contribution is 0.250. The Labute approximate surface area is 185 Å². The number of hydrogen-bond acceptors (Lipinski definition) is 1. The lowest BCUT2D eigenvalue weighted by Gasteiger charge is -2.28. The molecule has 0 N–H and O–H groups in total. The van der Waals surface area contributed by atoms with Crippen LogP contribution in [0.4, 0.5) is 0 Å². The molecule has 0 saturated heterocycles. The van der Waals surface area contributed by atoms with Crippen molar-refractivity contribution in [2.24, 2.45) is 11.8 Å². The van der Waals surface area contributed by atoms with E-state index in [2.05, 4.69) is 56.4 Å². The summed E-state index contributed by atoms with van der Waals surface area (Å²) in [6, 6.07) is 13.6. The first kappa shape index (κ1) is 23.0. The van der Waals surface area contributed by atoms with Crippen LogP contribution in [0.25, 0.3) is 11.3 Å². The molecule has 0 amide bonds. The minimum atomic E-state index is 0.948. The predicted molar refractivity (Wildman–Crippen MR) is 131 cm³/mol. The van der Waals surface area contributed by atoms with E-state index in [-0.39, 0.29) is 0 Å². The van der Waals surface area contributed by atoms with Gasteiger partial charge in [0.05, 0.1) is 5.69 Å². The molecule has 1 heterocycles. The summed E-state index contributed by atoms with van der Waals surface area (Å²) in [5, 5.41) is 0. The molecule has 30 heavy (non-hydrogen) atoms. The summed E-state index contributed by atoms with van der Waals surface area (Å²) in [5.41, 5.74) is 5.21. The maximum atomic E-state index is 4.74. The number of aryl methyl sites for hydroxylation is 2. The van der Waals surface area contributed by atoms with Gasteiger partial charge < -0.3 is 0 Å². The largest absolute Gasteiger partial charge is 0.256 e. The Kier molecular flexibility index (Phi) is 9.93.